The van der Waals surface area contributed by atoms with Gasteiger partial charge in [0.2, 0.25) is 10.0 Å². The van der Waals surface area contributed by atoms with Crippen molar-refractivity contribution in [2.75, 3.05) is 19.6 Å². The van der Waals surface area contributed by atoms with E-state index >= 15 is 0 Å². The first-order chi connectivity index (χ1) is 12.0. The van der Waals surface area contributed by atoms with Crippen LogP contribution in [0, 0.1) is 6.92 Å². The van der Waals surface area contributed by atoms with Gasteiger partial charge in [0.05, 0.1) is 11.4 Å². The van der Waals surface area contributed by atoms with Crippen molar-refractivity contribution in [3.8, 4) is 0 Å². The highest BCUT2D eigenvalue weighted by Gasteiger charge is 2.12. The van der Waals surface area contributed by atoms with Crippen molar-refractivity contribution >= 4 is 27.3 Å². The molecular formula is C16H23N5O2S2. The third-order valence-corrected chi connectivity index (χ3v) is 5.52. The molecule has 0 aliphatic carbocycles. The minimum atomic E-state index is -3.48. The van der Waals surface area contributed by atoms with Crippen LogP contribution in [0.5, 0.6) is 0 Å². The highest BCUT2D eigenvalue weighted by Crippen LogP contribution is 2.11. The number of sulfonamides is 1. The van der Waals surface area contributed by atoms with Gasteiger partial charge in [0.1, 0.15) is 5.01 Å². The predicted molar refractivity (Wildman–Crippen MR) is 101 cm³/mol. The van der Waals surface area contributed by atoms with Gasteiger partial charge in [-0.2, -0.15) is 0 Å². The zero-order valence-electron chi connectivity index (χ0n) is 14.3. The van der Waals surface area contributed by atoms with E-state index in [0.29, 0.717) is 19.0 Å². The summed E-state index contributed by atoms with van der Waals surface area (Å²) in [4.78, 5) is 10.1. The highest BCUT2D eigenvalue weighted by atomic mass is 32.2. The second kappa shape index (κ2) is 9.50. The molecule has 3 N–H and O–H groups in total. The fraction of sp³-hybridized carbons (Fsp3) is 0.375. The number of guanidine groups is 1. The molecule has 0 amide bonds. The lowest BCUT2D eigenvalue weighted by Gasteiger charge is -2.11. The Kier molecular flexibility index (Phi) is 7.35. The molecule has 0 aliphatic heterocycles. The summed E-state index contributed by atoms with van der Waals surface area (Å²) >= 11 is 1.61. The summed E-state index contributed by atoms with van der Waals surface area (Å²) in [7, 11) is -3.48. The van der Waals surface area contributed by atoms with E-state index in [1.807, 2.05) is 20.0 Å². The van der Waals surface area contributed by atoms with Crippen molar-refractivity contribution < 1.29 is 8.42 Å². The van der Waals surface area contributed by atoms with Crippen molar-refractivity contribution in [1.82, 2.24) is 20.3 Å². The van der Waals surface area contributed by atoms with E-state index in [2.05, 4.69) is 25.3 Å². The van der Waals surface area contributed by atoms with Crippen molar-refractivity contribution in [2.45, 2.75) is 25.3 Å². The van der Waals surface area contributed by atoms with Crippen LogP contribution in [0.15, 0.2) is 46.4 Å². The molecular weight excluding hydrogens is 358 g/mol. The molecule has 1 heterocycles. The maximum Gasteiger partial charge on any atom is 0.240 e. The van der Waals surface area contributed by atoms with Gasteiger partial charge in [0.15, 0.2) is 5.96 Å². The quantitative estimate of drug-likeness (QED) is 0.366. The second-order valence-electron chi connectivity index (χ2n) is 5.20. The van der Waals surface area contributed by atoms with Gasteiger partial charge in [-0.05, 0) is 26.0 Å². The Morgan fingerprint density at radius 3 is 2.60 bits per heavy atom. The topological polar surface area (TPSA) is 95.5 Å². The summed E-state index contributed by atoms with van der Waals surface area (Å²) in [6, 6.07) is 8.31. The lowest BCUT2D eigenvalue weighted by molar-refractivity contribution is 0.580. The molecule has 0 bridgehead atoms. The number of thiazole rings is 1. The number of hydrogen-bond donors (Lipinski definition) is 3. The van der Waals surface area contributed by atoms with E-state index in [1.54, 1.807) is 41.7 Å². The van der Waals surface area contributed by atoms with Crippen molar-refractivity contribution in [3.63, 3.8) is 0 Å². The van der Waals surface area contributed by atoms with Crippen LogP contribution >= 0.6 is 11.3 Å². The standard InChI is InChI=1S/C16H23N5O2S2/c1-3-17-16(20-12-15-19-11-13(2)24-15)18-9-10-21-25(22,23)14-7-5-4-6-8-14/h4-8,11,21H,3,9-10,12H2,1-2H3,(H2,17,18,20). The van der Waals surface area contributed by atoms with Crippen LogP contribution in [0.4, 0.5) is 0 Å². The molecule has 0 spiro atoms. The zero-order chi connectivity index (χ0) is 18.1. The number of hydrogen-bond acceptors (Lipinski definition) is 5. The lowest BCUT2D eigenvalue weighted by Crippen LogP contribution is -2.41. The highest BCUT2D eigenvalue weighted by molar-refractivity contribution is 7.89. The average Bonchev–Trinajstić information content (AvgIpc) is 3.02. The summed E-state index contributed by atoms with van der Waals surface area (Å²) in [6.45, 7) is 5.88. The first kappa shape index (κ1) is 19.4. The number of aliphatic imine (C=N–C) groups is 1. The zero-order valence-corrected chi connectivity index (χ0v) is 16.0. The van der Waals surface area contributed by atoms with Crippen LogP contribution in [0.3, 0.4) is 0 Å². The minimum absolute atomic E-state index is 0.259. The molecule has 1 aromatic heterocycles. The Morgan fingerprint density at radius 2 is 1.96 bits per heavy atom. The first-order valence-electron chi connectivity index (χ1n) is 7.99. The fourth-order valence-corrected chi connectivity index (χ4v) is 3.78. The molecule has 9 heteroatoms. The molecule has 2 aromatic rings. The van der Waals surface area contributed by atoms with E-state index in [0.717, 1.165) is 16.4 Å². The molecule has 0 unspecified atom stereocenters. The molecule has 0 fully saturated rings. The van der Waals surface area contributed by atoms with Gasteiger partial charge >= 0.3 is 0 Å². The Labute approximate surface area is 152 Å². The van der Waals surface area contributed by atoms with Crippen LogP contribution in [-0.4, -0.2) is 39.0 Å². The lowest BCUT2D eigenvalue weighted by atomic mass is 10.4. The first-order valence-corrected chi connectivity index (χ1v) is 10.3. The Balaban J connectivity index is 1.83. The van der Waals surface area contributed by atoms with Crippen LogP contribution in [0.25, 0.3) is 0 Å². The predicted octanol–water partition coefficient (Wildman–Crippen LogP) is 1.49. The van der Waals surface area contributed by atoms with E-state index in [4.69, 9.17) is 0 Å². The number of aryl methyl sites for hydroxylation is 1. The molecule has 25 heavy (non-hydrogen) atoms. The molecule has 0 saturated heterocycles. The van der Waals surface area contributed by atoms with Gasteiger partial charge in [-0.25, -0.2) is 23.1 Å². The van der Waals surface area contributed by atoms with Gasteiger partial charge < -0.3 is 10.6 Å². The molecule has 0 saturated carbocycles. The maximum atomic E-state index is 12.1. The summed E-state index contributed by atoms with van der Waals surface area (Å²) in [5.41, 5.74) is 0. The van der Waals surface area contributed by atoms with Crippen LogP contribution in [0.2, 0.25) is 0 Å². The minimum Gasteiger partial charge on any atom is -0.357 e. The molecule has 0 radical (unpaired) electrons. The number of nitrogens with zero attached hydrogens (tertiary/aromatic N) is 2. The van der Waals surface area contributed by atoms with Crippen molar-refractivity contribution in [2.24, 2.45) is 4.99 Å². The second-order valence-corrected chi connectivity index (χ2v) is 8.28. The van der Waals surface area contributed by atoms with E-state index < -0.39 is 10.0 Å². The van der Waals surface area contributed by atoms with Gasteiger partial charge in [-0.1, -0.05) is 18.2 Å². The van der Waals surface area contributed by atoms with Crippen LogP contribution in [-0.2, 0) is 16.6 Å². The molecule has 2 rings (SSSR count). The van der Waals surface area contributed by atoms with Gasteiger partial charge in [-0.15, -0.1) is 11.3 Å². The van der Waals surface area contributed by atoms with E-state index in [-0.39, 0.29) is 11.4 Å². The van der Waals surface area contributed by atoms with Gasteiger partial charge in [-0.3, -0.25) is 0 Å². The van der Waals surface area contributed by atoms with Crippen molar-refractivity contribution in [3.05, 3.63) is 46.4 Å². The third kappa shape index (κ3) is 6.45. The maximum absolute atomic E-state index is 12.1. The summed E-state index contributed by atoms with van der Waals surface area (Å²) in [6.07, 6.45) is 1.83. The Bertz CT molecular complexity index is 788. The number of aromatic nitrogens is 1. The van der Waals surface area contributed by atoms with Crippen LogP contribution in [0.1, 0.15) is 16.8 Å². The Morgan fingerprint density at radius 1 is 1.20 bits per heavy atom. The smallest absolute Gasteiger partial charge is 0.240 e. The Hall–Kier alpha value is -1.97. The summed E-state index contributed by atoms with van der Waals surface area (Å²) in [5, 5.41) is 7.18. The molecule has 136 valence electrons. The van der Waals surface area contributed by atoms with E-state index in [9.17, 15) is 8.42 Å². The molecule has 1 aromatic carbocycles. The molecule has 0 aliphatic rings. The SMILES string of the molecule is CCNC(=NCc1ncc(C)s1)NCCNS(=O)(=O)c1ccccc1. The van der Waals surface area contributed by atoms with E-state index in [1.165, 1.54) is 0 Å². The van der Waals surface area contributed by atoms with Gasteiger partial charge in [0, 0.05) is 30.7 Å². The molecule has 7 nitrogen and oxygen atoms in total. The third-order valence-electron chi connectivity index (χ3n) is 3.15. The normalized spacial score (nSPS) is 12.2. The van der Waals surface area contributed by atoms with Crippen molar-refractivity contribution in [1.29, 1.82) is 0 Å². The van der Waals surface area contributed by atoms with Gasteiger partial charge in [0.25, 0.3) is 0 Å². The number of rotatable bonds is 8. The average molecular weight is 382 g/mol. The van der Waals surface area contributed by atoms with Crippen LogP contribution < -0.4 is 15.4 Å². The summed E-state index contributed by atoms with van der Waals surface area (Å²) in [5.74, 6) is 0.634. The monoisotopic (exact) mass is 381 g/mol. The number of nitrogens with one attached hydrogen (secondary N) is 3. The molecule has 0 atom stereocenters. The fourth-order valence-electron chi connectivity index (χ4n) is 2.01. The largest absolute Gasteiger partial charge is 0.357 e. The summed E-state index contributed by atoms with van der Waals surface area (Å²) < 4.78 is 26.8. The number of benzene rings is 1.